The molecule has 8 heteroatoms. The number of hydrogen-bond donors (Lipinski definition) is 1. The fraction of sp³-hybridized carbons (Fsp3) is 0.308. The molecule has 110 valence electrons. The highest BCUT2D eigenvalue weighted by Crippen LogP contribution is 2.41. The van der Waals surface area contributed by atoms with Crippen molar-refractivity contribution in [3.05, 3.63) is 26.8 Å². The number of carboxylic acids is 1. The molecule has 0 spiro atoms. The normalized spacial score (nSPS) is 14.4. The van der Waals surface area contributed by atoms with Crippen molar-refractivity contribution < 1.29 is 9.90 Å². The van der Waals surface area contributed by atoms with Crippen LogP contribution in [0.2, 0.25) is 5.02 Å². The first-order chi connectivity index (χ1) is 10.1. The molecule has 1 fully saturated rings. The van der Waals surface area contributed by atoms with Gasteiger partial charge in [-0.2, -0.15) is 0 Å². The first-order valence-electron chi connectivity index (χ1n) is 6.31. The lowest BCUT2D eigenvalue weighted by Gasteiger charge is -2.08. The van der Waals surface area contributed by atoms with Gasteiger partial charge < -0.3 is 5.11 Å². The molecule has 0 aliphatic heterocycles. The molecule has 0 radical (unpaired) electrons. The van der Waals surface area contributed by atoms with Crippen molar-refractivity contribution in [3.8, 4) is 11.4 Å². The standard InChI is InChI=1S/C13H11ClIN3O2S/c14-9-5-7(1-4-10(9)15)12-16-17-13(21-6-11(19)20)18(12)8-2-3-8/h1,4-5,8H,2-3,6H2,(H,19,20). The maximum Gasteiger partial charge on any atom is 0.313 e. The smallest absolute Gasteiger partial charge is 0.313 e. The first kappa shape index (κ1) is 15.1. The number of halogens is 2. The quantitative estimate of drug-likeness (QED) is 0.573. The van der Waals surface area contributed by atoms with Crippen LogP contribution in [0, 0.1) is 3.57 Å². The molecule has 1 aromatic heterocycles. The lowest BCUT2D eigenvalue weighted by molar-refractivity contribution is -0.133. The van der Waals surface area contributed by atoms with Crippen LogP contribution in [0.1, 0.15) is 18.9 Å². The van der Waals surface area contributed by atoms with Crippen LogP contribution >= 0.6 is 46.0 Å². The topological polar surface area (TPSA) is 68.0 Å². The number of hydrogen-bond acceptors (Lipinski definition) is 4. The van der Waals surface area contributed by atoms with Crippen molar-refractivity contribution in [1.29, 1.82) is 0 Å². The molecular weight excluding hydrogens is 425 g/mol. The predicted octanol–water partition coefficient (Wildman–Crippen LogP) is 3.71. The summed E-state index contributed by atoms with van der Waals surface area (Å²) in [5.41, 5.74) is 0.905. The summed E-state index contributed by atoms with van der Waals surface area (Å²) in [6.45, 7) is 0. The van der Waals surface area contributed by atoms with E-state index in [2.05, 4.69) is 32.8 Å². The Balaban J connectivity index is 1.98. The van der Waals surface area contributed by atoms with E-state index in [9.17, 15) is 4.79 Å². The van der Waals surface area contributed by atoms with E-state index >= 15 is 0 Å². The summed E-state index contributed by atoms with van der Waals surface area (Å²) in [5.74, 6) is -0.119. The molecule has 2 aromatic rings. The summed E-state index contributed by atoms with van der Waals surface area (Å²) >= 11 is 9.55. The molecule has 3 rings (SSSR count). The van der Waals surface area contributed by atoms with Crippen LogP contribution in [0.4, 0.5) is 0 Å². The Morgan fingerprint density at radius 1 is 1.48 bits per heavy atom. The zero-order chi connectivity index (χ0) is 15.0. The summed E-state index contributed by atoms with van der Waals surface area (Å²) in [6, 6.07) is 6.14. The van der Waals surface area contributed by atoms with Gasteiger partial charge >= 0.3 is 5.97 Å². The second-order valence-corrected chi connectivity index (χ2v) is 7.23. The van der Waals surface area contributed by atoms with Crippen molar-refractivity contribution in [3.63, 3.8) is 0 Å². The third-order valence-corrected chi connectivity index (χ3v) is 5.58. The molecule has 0 bridgehead atoms. The number of nitrogens with zero attached hydrogens (tertiary/aromatic N) is 3. The fourth-order valence-corrected chi connectivity index (χ4v) is 3.24. The van der Waals surface area contributed by atoms with Gasteiger partial charge in [-0.1, -0.05) is 29.4 Å². The summed E-state index contributed by atoms with van der Waals surface area (Å²) in [4.78, 5) is 10.7. The fourth-order valence-electron chi connectivity index (χ4n) is 2.00. The lowest BCUT2D eigenvalue weighted by atomic mass is 10.2. The van der Waals surface area contributed by atoms with Gasteiger partial charge in [0, 0.05) is 15.2 Å². The second kappa shape index (κ2) is 6.13. The first-order valence-corrected chi connectivity index (χ1v) is 8.75. The van der Waals surface area contributed by atoms with Gasteiger partial charge in [0.2, 0.25) is 0 Å². The molecule has 0 unspecified atom stereocenters. The van der Waals surface area contributed by atoms with Crippen LogP contribution in [0.5, 0.6) is 0 Å². The van der Waals surface area contributed by atoms with E-state index < -0.39 is 5.97 Å². The number of carboxylic acid groups (broad SMARTS) is 1. The van der Waals surface area contributed by atoms with E-state index in [1.807, 2.05) is 22.8 Å². The van der Waals surface area contributed by atoms with Gasteiger partial charge in [0.25, 0.3) is 0 Å². The van der Waals surface area contributed by atoms with E-state index in [0.29, 0.717) is 16.2 Å². The van der Waals surface area contributed by atoms with Crippen LogP contribution < -0.4 is 0 Å². The highest BCUT2D eigenvalue weighted by Gasteiger charge is 2.30. The molecule has 1 saturated carbocycles. The van der Waals surface area contributed by atoms with E-state index in [4.69, 9.17) is 16.7 Å². The lowest BCUT2D eigenvalue weighted by Crippen LogP contribution is -2.03. The molecule has 1 aliphatic carbocycles. The second-order valence-electron chi connectivity index (χ2n) is 4.72. The van der Waals surface area contributed by atoms with Crippen molar-refractivity contribution in [2.24, 2.45) is 0 Å². The van der Waals surface area contributed by atoms with Crippen molar-refractivity contribution >= 4 is 51.9 Å². The minimum Gasteiger partial charge on any atom is -0.481 e. The minimum absolute atomic E-state index is 0.0156. The van der Waals surface area contributed by atoms with Crippen LogP contribution in [0.25, 0.3) is 11.4 Å². The number of aromatic nitrogens is 3. The Labute approximate surface area is 144 Å². The van der Waals surface area contributed by atoms with Gasteiger partial charge in [-0.05, 0) is 47.6 Å². The molecule has 5 nitrogen and oxygen atoms in total. The van der Waals surface area contributed by atoms with Crippen LogP contribution in [0.3, 0.4) is 0 Å². The largest absolute Gasteiger partial charge is 0.481 e. The van der Waals surface area contributed by atoms with Gasteiger partial charge in [0.05, 0.1) is 10.8 Å². The summed E-state index contributed by atoms with van der Waals surface area (Å²) in [5, 5.41) is 18.5. The molecule has 0 atom stereocenters. The number of aliphatic carboxylic acids is 1. The third-order valence-electron chi connectivity index (χ3n) is 3.08. The van der Waals surface area contributed by atoms with Gasteiger partial charge in [-0.25, -0.2) is 0 Å². The number of benzene rings is 1. The van der Waals surface area contributed by atoms with Crippen molar-refractivity contribution in [1.82, 2.24) is 14.8 Å². The molecule has 1 N–H and O–H groups in total. The monoisotopic (exact) mass is 435 g/mol. The molecule has 0 saturated heterocycles. The molecule has 0 amide bonds. The third kappa shape index (κ3) is 3.35. The summed E-state index contributed by atoms with van der Waals surface area (Å²) < 4.78 is 3.02. The van der Waals surface area contributed by atoms with Gasteiger partial charge in [0.1, 0.15) is 0 Å². The minimum atomic E-state index is -0.857. The van der Waals surface area contributed by atoms with E-state index in [1.54, 1.807) is 0 Å². The summed E-state index contributed by atoms with van der Waals surface area (Å²) in [6.07, 6.45) is 2.15. The Morgan fingerprint density at radius 3 is 2.86 bits per heavy atom. The van der Waals surface area contributed by atoms with Gasteiger partial charge in [-0.15, -0.1) is 10.2 Å². The molecule has 1 aromatic carbocycles. The van der Waals surface area contributed by atoms with Gasteiger partial charge in [0.15, 0.2) is 11.0 Å². The Morgan fingerprint density at radius 2 is 2.24 bits per heavy atom. The van der Waals surface area contributed by atoms with Crippen LogP contribution in [0.15, 0.2) is 23.4 Å². The number of thioether (sulfide) groups is 1. The molecule has 21 heavy (non-hydrogen) atoms. The average Bonchev–Trinajstić information content (AvgIpc) is 3.19. The Bertz CT molecular complexity index is 703. The summed E-state index contributed by atoms with van der Waals surface area (Å²) in [7, 11) is 0. The molecule has 1 heterocycles. The Hall–Kier alpha value is -0.800. The number of carbonyl (C=O) groups is 1. The molecule has 1 aliphatic rings. The number of rotatable bonds is 5. The average molecular weight is 436 g/mol. The SMILES string of the molecule is O=C(O)CSc1nnc(-c2ccc(I)c(Cl)c2)n1C1CC1. The zero-order valence-corrected chi connectivity index (χ0v) is 14.5. The highest BCUT2D eigenvalue weighted by molar-refractivity contribution is 14.1. The van der Waals surface area contributed by atoms with Crippen molar-refractivity contribution in [2.45, 2.75) is 24.0 Å². The van der Waals surface area contributed by atoms with E-state index in [0.717, 1.165) is 27.8 Å². The Kier molecular flexibility index (Phi) is 4.41. The predicted molar refractivity (Wildman–Crippen MR) is 89.8 cm³/mol. The van der Waals surface area contributed by atoms with E-state index in [1.165, 1.54) is 11.8 Å². The van der Waals surface area contributed by atoms with Gasteiger partial charge in [-0.3, -0.25) is 9.36 Å². The highest BCUT2D eigenvalue weighted by atomic mass is 127. The van der Waals surface area contributed by atoms with Crippen LogP contribution in [-0.4, -0.2) is 31.6 Å². The molecular formula is C13H11ClIN3O2S. The van der Waals surface area contributed by atoms with Crippen molar-refractivity contribution in [2.75, 3.05) is 5.75 Å². The maximum absolute atomic E-state index is 10.7. The van der Waals surface area contributed by atoms with E-state index in [-0.39, 0.29) is 5.75 Å². The zero-order valence-electron chi connectivity index (χ0n) is 10.8. The maximum atomic E-state index is 10.7. The van der Waals surface area contributed by atoms with Crippen LogP contribution in [-0.2, 0) is 4.79 Å².